The molecule has 2 fully saturated rings. The first-order valence-corrected chi connectivity index (χ1v) is 9.32. The summed E-state index contributed by atoms with van der Waals surface area (Å²) in [5.74, 6) is -0.747. The van der Waals surface area contributed by atoms with Gasteiger partial charge in [-0.2, -0.15) is 0 Å². The van der Waals surface area contributed by atoms with Crippen LogP contribution in [0.25, 0.3) is 0 Å². The summed E-state index contributed by atoms with van der Waals surface area (Å²) >= 11 is 0. The summed E-state index contributed by atoms with van der Waals surface area (Å²) in [6, 6.07) is 4.27. The number of carbonyl (C=O) groups is 2. The highest BCUT2D eigenvalue weighted by atomic mass is 19.1. The third-order valence-corrected chi connectivity index (χ3v) is 4.99. The maximum absolute atomic E-state index is 14.0. The van der Waals surface area contributed by atoms with Crippen molar-refractivity contribution in [2.24, 2.45) is 5.92 Å². The van der Waals surface area contributed by atoms with Gasteiger partial charge in [0.2, 0.25) is 11.8 Å². The molecule has 6 nitrogen and oxygen atoms in total. The Morgan fingerprint density at radius 2 is 1.88 bits per heavy atom. The molecule has 0 atom stereocenters. The Hall–Kier alpha value is -1.99. The van der Waals surface area contributed by atoms with Crippen molar-refractivity contribution in [3.8, 4) is 0 Å². The van der Waals surface area contributed by atoms with Crippen molar-refractivity contribution in [1.82, 2.24) is 4.90 Å². The molecule has 1 saturated heterocycles. The van der Waals surface area contributed by atoms with Crippen LogP contribution >= 0.6 is 0 Å². The highest BCUT2D eigenvalue weighted by molar-refractivity contribution is 5.95. The standard InChI is InChI=1S/C19H26FN3O3/c20-16-6-5-15(21-19(25)14-3-1-2-4-14)13-17(16)22-18(24)7-8-23-9-11-26-12-10-23/h5-6,13-14H,1-4,7-12H2,(H,21,25)(H,22,24). The summed E-state index contributed by atoms with van der Waals surface area (Å²) in [6.45, 7) is 3.60. The number of ether oxygens (including phenoxy) is 1. The van der Waals surface area contributed by atoms with Gasteiger partial charge >= 0.3 is 0 Å². The fourth-order valence-electron chi connectivity index (χ4n) is 3.43. The van der Waals surface area contributed by atoms with Crippen LogP contribution in [-0.4, -0.2) is 49.6 Å². The molecule has 0 unspecified atom stereocenters. The van der Waals surface area contributed by atoms with E-state index in [0.717, 1.165) is 38.8 Å². The molecule has 3 rings (SSSR count). The van der Waals surface area contributed by atoms with Crippen LogP contribution in [0.4, 0.5) is 15.8 Å². The summed E-state index contributed by atoms with van der Waals surface area (Å²) in [6.07, 6.45) is 4.24. The van der Waals surface area contributed by atoms with Crippen molar-refractivity contribution >= 4 is 23.2 Å². The van der Waals surface area contributed by atoms with Crippen LogP contribution in [-0.2, 0) is 14.3 Å². The number of hydrogen-bond donors (Lipinski definition) is 2. The largest absolute Gasteiger partial charge is 0.379 e. The van der Waals surface area contributed by atoms with E-state index in [1.165, 1.54) is 18.2 Å². The van der Waals surface area contributed by atoms with E-state index in [2.05, 4.69) is 15.5 Å². The summed E-state index contributed by atoms with van der Waals surface area (Å²) in [5, 5.41) is 5.44. The maximum atomic E-state index is 14.0. The maximum Gasteiger partial charge on any atom is 0.227 e. The first-order valence-electron chi connectivity index (χ1n) is 9.32. The van der Waals surface area contributed by atoms with Gasteiger partial charge in [0.15, 0.2) is 0 Å². The number of carbonyl (C=O) groups excluding carboxylic acids is 2. The van der Waals surface area contributed by atoms with Crippen molar-refractivity contribution in [3.63, 3.8) is 0 Å². The zero-order valence-electron chi connectivity index (χ0n) is 14.9. The predicted molar refractivity (Wildman–Crippen MR) is 97.5 cm³/mol. The quantitative estimate of drug-likeness (QED) is 0.815. The molecular weight excluding hydrogens is 337 g/mol. The lowest BCUT2D eigenvalue weighted by molar-refractivity contribution is -0.119. The molecule has 2 N–H and O–H groups in total. The lowest BCUT2D eigenvalue weighted by atomic mass is 10.1. The van der Waals surface area contributed by atoms with Crippen LogP contribution in [0.1, 0.15) is 32.1 Å². The third kappa shape index (κ3) is 5.25. The molecule has 26 heavy (non-hydrogen) atoms. The Labute approximate surface area is 153 Å². The Morgan fingerprint density at radius 1 is 1.15 bits per heavy atom. The minimum Gasteiger partial charge on any atom is -0.379 e. The molecule has 7 heteroatoms. The van der Waals surface area contributed by atoms with E-state index in [4.69, 9.17) is 4.74 Å². The summed E-state index contributed by atoms with van der Waals surface area (Å²) in [4.78, 5) is 26.5. The number of nitrogens with zero attached hydrogens (tertiary/aromatic N) is 1. The van der Waals surface area contributed by atoms with E-state index >= 15 is 0 Å². The van der Waals surface area contributed by atoms with E-state index in [9.17, 15) is 14.0 Å². The number of nitrogens with one attached hydrogen (secondary N) is 2. The minimum atomic E-state index is -0.511. The summed E-state index contributed by atoms with van der Waals surface area (Å²) in [5.41, 5.74) is 0.605. The number of rotatable bonds is 6. The van der Waals surface area contributed by atoms with Crippen molar-refractivity contribution in [1.29, 1.82) is 0 Å². The molecule has 1 aliphatic heterocycles. The molecule has 0 aromatic heterocycles. The van der Waals surface area contributed by atoms with Gasteiger partial charge in [-0.05, 0) is 31.0 Å². The van der Waals surface area contributed by atoms with Crippen LogP contribution in [0, 0.1) is 11.7 Å². The normalized spacial score (nSPS) is 18.7. The van der Waals surface area contributed by atoms with Gasteiger partial charge in [-0.15, -0.1) is 0 Å². The molecule has 0 radical (unpaired) electrons. The van der Waals surface area contributed by atoms with E-state index < -0.39 is 5.82 Å². The van der Waals surface area contributed by atoms with Gasteiger partial charge in [0.05, 0.1) is 18.9 Å². The molecule has 1 aliphatic carbocycles. The molecule has 1 saturated carbocycles. The number of morpholine rings is 1. The predicted octanol–water partition coefficient (Wildman–Crippen LogP) is 2.62. The number of halogens is 1. The highest BCUT2D eigenvalue weighted by Gasteiger charge is 2.23. The second-order valence-electron chi connectivity index (χ2n) is 6.92. The average Bonchev–Trinajstić information content (AvgIpc) is 3.18. The molecule has 0 spiro atoms. The molecule has 2 aliphatic rings. The third-order valence-electron chi connectivity index (χ3n) is 4.99. The van der Waals surface area contributed by atoms with E-state index in [0.29, 0.717) is 25.4 Å². The van der Waals surface area contributed by atoms with E-state index in [1.807, 2.05) is 0 Å². The van der Waals surface area contributed by atoms with Crippen LogP contribution in [0.2, 0.25) is 0 Å². The van der Waals surface area contributed by atoms with Gasteiger partial charge < -0.3 is 15.4 Å². The molecule has 1 heterocycles. The SMILES string of the molecule is O=C(CCN1CCOCC1)Nc1cc(NC(=O)C2CCCC2)ccc1F. The lowest BCUT2D eigenvalue weighted by Crippen LogP contribution is -2.38. The average molecular weight is 363 g/mol. The molecular formula is C19H26FN3O3. The Balaban J connectivity index is 1.53. The van der Waals surface area contributed by atoms with Crippen LogP contribution in [0.15, 0.2) is 18.2 Å². The number of benzene rings is 1. The van der Waals surface area contributed by atoms with Gasteiger partial charge in [0.1, 0.15) is 5.82 Å². The topological polar surface area (TPSA) is 70.7 Å². The van der Waals surface area contributed by atoms with Gasteiger partial charge in [0.25, 0.3) is 0 Å². The number of amides is 2. The van der Waals surface area contributed by atoms with Crippen LogP contribution in [0.3, 0.4) is 0 Å². The van der Waals surface area contributed by atoms with Crippen molar-refractivity contribution in [2.75, 3.05) is 43.5 Å². The first kappa shape index (κ1) is 18.8. The van der Waals surface area contributed by atoms with Crippen molar-refractivity contribution < 1.29 is 18.7 Å². The van der Waals surface area contributed by atoms with Gasteiger partial charge in [-0.1, -0.05) is 12.8 Å². The number of hydrogen-bond acceptors (Lipinski definition) is 4. The number of anilines is 2. The van der Waals surface area contributed by atoms with Gasteiger partial charge in [-0.25, -0.2) is 4.39 Å². The molecule has 1 aromatic carbocycles. The summed E-state index contributed by atoms with van der Waals surface area (Å²) < 4.78 is 19.3. The summed E-state index contributed by atoms with van der Waals surface area (Å²) in [7, 11) is 0. The second-order valence-corrected chi connectivity index (χ2v) is 6.92. The first-order chi connectivity index (χ1) is 12.6. The fraction of sp³-hybridized carbons (Fsp3) is 0.579. The zero-order chi connectivity index (χ0) is 18.4. The zero-order valence-corrected chi connectivity index (χ0v) is 14.9. The molecule has 142 valence electrons. The monoisotopic (exact) mass is 363 g/mol. The Morgan fingerprint density at radius 3 is 2.62 bits per heavy atom. The Bertz CT molecular complexity index is 641. The minimum absolute atomic E-state index is 0.0290. The van der Waals surface area contributed by atoms with Gasteiger partial charge in [0, 0.05) is 37.7 Å². The van der Waals surface area contributed by atoms with Crippen molar-refractivity contribution in [2.45, 2.75) is 32.1 Å². The molecule has 0 bridgehead atoms. The van der Waals surface area contributed by atoms with Gasteiger partial charge in [-0.3, -0.25) is 14.5 Å². The van der Waals surface area contributed by atoms with Crippen LogP contribution in [0.5, 0.6) is 0 Å². The van der Waals surface area contributed by atoms with E-state index in [-0.39, 0.29) is 29.8 Å². The van der Waals surface area contributed by atoms with E-state index in [1.54, 1.807) is 0 Å². The van der Waals surface area contributed by atoms with Crippen molar-refractivity contribution in [3.05, 3.63) is 24.0 Å². The fourth-order valence-corrected chi connectivity index (χ4v) is 3.43. The molecule has 2 amide bonds. The smallest absolute Gasteiger partial charge is 0.227 e. The molecule has 1 aromatic rings. The lowest BCUT2D eigenvalue weighted by Gasteiger charge is -2.26. The second kappa shape index (κ2) is 9.09. The Kier molecular flexibility index (Phi) is 6.57. The highest BCUT2D eigenvalue weighted by Crippen LogP contribution is 2.27. The van der Waals surface area contributed by atoms with Crippen LogP contribution < -0.4 is 10.6 Å².